The summed E-state index contributed by atoms with van der Waals surface area (Å²) in [5, 5.41) is 6.22. The fourth-order valence-electron chi connectivity index (χ4n) is 1.62. The van der Waals surface area contributed by atoms with E-state index in [4.69, 9.17) is 34.8 Å². The molecule has 0 saturated carbocycles. The maximum Gasteiger partial charge on any atom is 0.329 e. The third-order valence-corrected chi connectivity index (χ3v) is 3.91. The van der Waals surface area contributed by atoms with Gasteiger partial charge >= 0.3 is 11.8 Å². The van der Waals surface area contributed by atoms with E-state index in [-0.39, 0.29) is 26.3 Å². The van der Waals surface area contributed by atoms with Crippen LogP contribution in [0.2, 0.25) is 15.1 Å². The Kier molecular flexibility index (Phi) is 6.14. The van der Waals surface area contributed by atoms with Crippen LogP contribution in [-0.2, 0) is 9.59 Å². The number of nitrogens with zero attached hydrogens (tertiary/aromatic N) is 1. The number of rotatable bonds is 3. The molecule has 0 aliphatic carbocycles. The number of halogens is 4. The quantitative estimate of drug-likeness (QED) is 0.476. The first-order valence-electron chi connectivity index (χ1n) is 6.42. The summed E-state index contributed by atoms with van der Waals surface area (Å²) in [6.45, 7) is 0. The van der Waals surface area contributed by atoms with Crippen LogP contribution in [0.15, 0.2) is 41.5 Å². The summed E-state index contributed by atoms with van der Waals surface area (Å²) >= 11 is 17.5. The molecule has 0 fully saturated rings. The standard InChI is InChI=1S/C15H9Cl3FN3O2/c16-9-3-1-5-11(19)8(9)7-20-22-15(24)14(23)21-12-6-2-4-10(17)13(12)18/h1-7H,(H,21,23)(H,22,24)/b20-7+. The topological polar surface area (TPSA) is 70.6 Å². The minimum Gasteiger partial charge on any atom is -0.316 e. The Bertz CT molecular complexity index is 807. The summed E-state index contributed by atoms with van der Waals surface area (Å²) in [5.74, 6) is -2.71. The van der Waals surface area contributed by atoms with Gasteiger partial charge in [-0.1, -0.05) is 46.9 Å². The van der Waals surface area contributed by atoms with Crippen molar-refractivity contribution in [2.75, 3.05) is 5.32 Å². The van der Waals surface area contributed by atoms with Crippen LogP contribution < -0.4 is 10.7 Å². The Morgan fingerprint density at radius 1 is 1.00 bits per heavy atom. The van der Waals surface area contributed by atoms with E-state index in [0.717, 1.165) is 6.21 Å². The van der Waals surface area contributed by atoms with Gasteiger partial charge in [-0.25, -0.2) is 9.82 Å². The second kappa shape index (κ2) is 8.10. The molecule has 0 unspecified atom stereocenters. The van der Waals surface area contributed by atoms with Gasteiger partial charge in [0.15, 0.2) is 0 Å². The molecule has 0 saturated heterocycles. The second-order valence-electron chi connectivity index (χ2n) is 4.39. The van der Waals surface area contributed by atoms with Gasteiger partial charge in [0, 0.05) is 5.56 Å². The fourth-order valence-corrected chi connectivity index (χ4v) is 2.18. The van der Waals surface area contributed by atoms with E-state index in [1.165, 1.54) is 30.3 Å². The lowest BCUT2D eigenvalue weighted by atomic mass is 10.2. The number of carbonyl (C=O) groups is 2. The molecule has 2 rings (SSSR count). The molecular weight excluding hydrogens is 380 g/mol. The second-order valence-corrected chi connectivity index (χ2v) is 5.58. The average molecular weight is 389 g/mol. The fraction of sp³-hybridized carbons (Fsp3) is 0. The highest BCUT2D eigenvalue weighted by Crippen LogP contribution is 2.29. The van der Waals surface area contributed by atoms with E-state index in [9.17, 15) is 14.0 Å². The van der Waals surface area contributed by atoms with Crippen LogP contribution >= 0.6 is 34.8 Å². The predicted octanol–water partition coefficient (Wildman–Crippen LogP) is 3.87. The van der Waals surface area contributed by atoms with Crippen LogP contribution in [0.5, 0.6) is 0 Å². The molecule has 0 bridgehead atoms. The van der Waals surface area contributed by atoms with E-state index >= 15 is 0 Å². The molecule has 0 aliphatic rings. The maximum atomic E-state index is 13.5. The number of carbonyl (C=O) groups excluding carboxylic acids is 2. The Hall–Kier alpha value is -2.15. The average Bonchev–Trinajstić information content (AvgIpc) is 2.54. The molecule has 0 spiro atoms. The van der Waals surface area contributed by atoms with Crippen LogP contribution in [0.4, 0.5) is 10.1 Å². The van der Waals surface area contributed by atoms with Gasteiger partial charge in [0.1, 0.15) is 5.82 Å². The molecule has 0 atom stereocenters. The molecule has 0 aromatic heterocycles. The molecule has 9 heteroatoms. The molecule has 2 N–H and O–H groups in total. The number of hydrazone groups is 1. The Morgan fingerprint density at radius 3 is 2.38 bits per heavy atom. The molecular formula is C15H9Cl3FN3O2. The summed E-state index contributed by atoms with van der Waals surface area (Å²) in [6, 6.07) is 8.63. The van der Waals surface area contributed by atoms with Crippen molar-refractivity contribution in [3.05, 3.63) is 62.8 Å². The Balaban J connectivity index is 2.01. The molecule has 5 nitrogen and oxygen atoms in total. The smallest absolute Gasteiger partial charge is 0.316 e. The largest absolute Gasteiger partial charge is 0.329 e. The third kappa shape index (κ3) is 4.44. The number of nitrogens with one attached hydrogen (secondary N) is 2. The van der Waals surface area contributed by atoms with Crippen molar-refractivity contribution < 1.29 is 14.0 Å². The highest BCUT2D eigenvalue weighted by Gasteiger charge is 2.15. The SMILES string of the molecule is O=C(N/N=C/c1c(F)cccc1Cl)C(=O)Nc1cccc(Cl)c1Cl. The van der Waals surface area contributed by atoms with Crippen molar-refractivity contribution >= 4 is 58.5 Å². The van der Waals surface area contributed by atoms with Crippen molar-refractivity contribution in [2.24, 2.45) is 5.10 Å². The van der Waals surface area contributed by atoms with Gasteiger partial charge < -0.3 is 5.32 Å². The summed E-state index contributed by atoms with van der Waals surface area (Å²) in [5.41, 5.74) is 2.11. The first-order valence-corrected chi connectivity index (χ1v) is 7.56. The van der Waals surface area contributed by atoms with Gasteiger partial charge in [-0.15, -0.1) is 0 Å². The molecule has 0 heterocycles. The lowest BCUT2D eigenvalue weighted by molar-refractivity contribution is -0.136. The van der Waals surface area contributed by atoms with Gasteiger partial charge in [-0.3, -0.25) is 9.59 Å². The van der Waals surface area contributed by atoms with Gasteiger partial charge in [0.2, 0.25) is 0 Å². The van der Waals surface area contributed by atoms with Gasteiger partial charge in [-0.2, -0.15) is 5.10 Å². The lowest BCUT2D eigenvalue weighted by Gasteiger charge is -2.07. The van der Waals surface area contributed by atoms with Gasteiger partial charge in [0.05, 0.1) is 27.0 Å². The summed E-state index contributed by atoms with van der Waals surface area (Å²) in [4.78, 5) is 23.4. The number of hydrogen-bond donors (Lipinski definition) is 2. The van der Waals surface area contributed by atoms with Crippen molar-refractivity contribution in [1.29, 1.82) is 0 Å². The van der Waals surface area contributed by atoms with E-state index in [1.807, 2.05) is 5.43 Å². The monoisotopic (exact) mass is 387 g/mol. The molecule has 0 aliphatic heterocycles. The molecule has 2 amide bonds. The van der Waals surface area contributed by atoms with Crippen LogP contribution in [0, 0.1) is 5.82 Å². The first kappa shape index (κ1) is 18.2. The van der Waals surface area contributed by atoms with Crippen LogP contribution in [0.1, 0.15) is 5.56 Å². The zero-order chi connectivity index (χ0) is 17.7. The summed E-state index contributed by atoms with van der Waals surface area (Å²) in [7, 11) is 0. The zero-order valence-corrected chi connectivity index (χ0v) is 14.1. The summed E-state index contributed by atoms with van der Waals surface area (Å²) in [6.07, 6.45) is 0.995. The normalized spacial score (nSPS) is 10.7. The summed E-state index contributed by atoms with van der Waals surface area (Å²) < 4.78 is 13.5. The molecule has 24 heavy (non-hydrogen) atoms. The number of amides is 2. The van der Waals surface area contributed by atoms with Crippen molar-refractivity contribution in [1.82, 2.24) is 5.43 Å². The highest BCUT2D eigenvalue weighted by atomic mass is 35.5. The number of hydrogen-bond acceptors (Lipinski definition) is 3. The molecule has 2 aromatic carbocycles. The molecule has 2 aromatic rings. The third-order valence-electron chi connectivity index (χ3n) is 2.77. The zero-order valence-electron chi connectivity index (χ0n) is 11.8. The van der Waals surface area contributed by atoms with Crippen molar-refractivity contribution in [3.63, 3.8) is 0 Å². The minimum absolute atomic E-state index is 0.0160. The lowest BCUT2D eigenvalue weighted by Crippen LogP contribution is -2.32. The van der Waals surface area contributed by atoms with E-state index in [0.29, 0.717) is 0 Å². The van der Waals surface area contributed by atoms with E-state index in [1.54, 1.807) is 6.07 Å². The first-order chi connectivity index (χ1) is 11.4. The van der Waals surface area contributed by atoms with Crippen LogP contribution in [-0.4, -0.2) is 18.0 Å². The van der Waals surface area contributed by atoms with Gasteiger partial charge in [-0.05, 0) is 24.3 Å². The predicted molar refractivity (Wildman–Crippen MR) is 92.2 cm³/mol. The number of benzene rings is 2. The Morgan fingerprint density at radius 2 is 1.67 bits per heavy atom. The van der Waals surface area contributed by atoms with Gasteiger partial charge in [0.25, 0.3) is 0 Å². The maximum absolute atomic E-state index is 13.5. The molecule has 0 radical (unpaired) electrons. The van der Waals surface area contributed by atoms with E-state index < -0.39 is 17.6 Å². The van der Waals surface area contributed by atoms with Crippen LogP contribution in [0.25, 0.3) is 0 Å². The van der Waals surface area contributed by atoms with Crippen molar-refractivity contribution in [3.8, 4) is 0 Å². The number of anilines is 1. The Labute approximate surface area is 151 Å². The van der Waals surface area contributed by atoms with Crippen molar-refractivity contribution in [2.45, 2.75) is 0 Å². The highest BCUT2D eigenvalue weighted by molar-refractivity contribution is 6.45. The minimum atomic E-state index is -1.07. The van der Waals surface area contributed by atoms with E-state index in [2.05, 4.69) is 10.4 Å². The van der Waals surface area contributed by atoms with Crippen LogP contribution in [0.3, 0.4) is 0 Å². The molecule has 124 valence electrons.